The van der Waals surface area contributed by atoms with E-state index in [0.29, 0.717) is 25.4 Å². The summed E-state index contributed by atoms with van der Waals surface area (Å²) in [7, 11) is 0. The topological polar surface area (TPSA) is 83.1 Å². The van der Waals surface area contributed by atoms with Gasteiger partial charge in [0.05, 0.1) is 35.5 Å². The van der Waals surface area contributed by atoms with E-state index in [4.69, 9.17) is 9.72 Å². The average molecular weight is 573 g/mol. The van der Waals surface area contributed by atoms with Crippen LogP contribution in [0.5, 0.6) is 0 Å². The molecule has 0 N–H and O–H groups in total. The van der Waals surface area contributed by atoms with E-state index in [0.717, 1.165) is 38.8 Å². The number of halogens is 1. The molecule has 6 rings (SSSR count). The number of carbonyl (C=O) groups excluding carboxylic acids is 3. The normalized spacial score (nSPS) is 17.9. The smallest absolute Gasteiger partial charge is 0.257 e. The Morgan fingerprint density at radius 1 is 1.05 bits per heavy atom. The van der Waals surface area contributed by atoms with E-state index in [9.17, 15) is 18.8 Å². The summed E-state index contributed by atoms with van der Waals surface area (Å²) < 4.78 is 20.1. The molecule has 4 aromatic rings. The number of imide groups is 1. The SMILES string of the molecule is Cc1ccc2nc(-c3ccc(N4C(=O)CC(N(CCN5CCOCC5)C(=O)c5ccc(F)cc5)C4=O)cc3)sc2c1. The van der Waals surface area contributed by atoms with Crippen molar-refractivity contribution in [3.05, 3.63) is 83.7 Å². The summed E-state index contributed by atoms with van der Waals surface area (Å²) in [5.74, 6) is -1.68. The highest BCUT2D eigenvalue weighted by Gasteiger charge is 2.44. The Labute approximate surface area is 240 Å². The van der Waals surface area contributed by atoms with E-state index in [1.807, 2.05) is 31.2 Å². The number of nitrogens with zero attached hydrogens (tertiary/aromatic N) is 4. The third-order valence-electron chi connectivity index (χ3n) is 7.53. The molecule has 2 fully saturated rings. The van der Waals surface area contributed by atoms with E-state index in [1.165, 1.54) is 34.7 Å². The van der Waals surface area contributed by atoms with Crippen LogP contribution in [0, 0.1) is 12.7 Å². The first-order valence-electron chi connectivity index (χ1n) is 13.6. The van der Waals surface area contributed by atoms with Crippen LogP contribution in [0.2, 0.25) is 0 Å². The highest BCUT2D eigenvalue weighted by atomic mass is 32.1. The summed E-state index contributed by atoms with van der Waals surface area (Å²) in [5, 5.41) is 0.855. The van der Waals surface area contributed by atoms with Gasteiger partial charge in [-0.3, -0.25) is 19.3 Å². The number of rotatable bonds is 7. The Hall–Kier alpha value is -3.99. The second-order valence-corrected chi connectivity index (χ2v) is 11.3. The minimum Gasteiger partial charge on any atom is -0.379 e. The number of aryl methyl sites for hydroxylation is 1. The molecule has 8 nitrogen and oxygen atoms in total. The first-order chi connectivity index (χ1) is 19.9. The third-order valence-corrected chi connectivity index (χ3v) is 8.60. The average Bonchev–Trinajstić information content (AvgIpc) is 3.53. The number of thiazole rings is 1. The number of ether oxygens (including phenoxy) is 1. The second kappa shape index (κ2) is 11.5. The summed E-state index contributed by atoms with van der Waals surface area (Å²) in [6.45, 7) is 5.49. The van der Waals surface area contributed by atoms with Crippen molar-refractivity contribution in [2.75, 3.05) is 44.3 Å². The molecule has 3 amide bonds. The van der Waals surface area contributed by atoms with Gasteiger partial charge in [-0.2, -0.15) is 0 Å². The molecule has 2 aliphatic rings. The summed E-state index contributed by atoms with van der Waals surface area (Å²) in [5.41, 5.74) is 3.70. The highest BCUT2D eigenvalue weighted by Crippen LogP contribution is 2.33. The Balaban J connectivity index is 1.23. The fourth-order valence-corrected chi connectivity index (χ4v) is 6.34. The maximum Gasteiger partial charge on any atom is 0.257 e. The molecular formula is C31H29FN4O4S. The lowest BCUT2D eigenvalue weighted by Gasteiger charge is -2.32. The Morgan fingerprint density at radius 3 is 2.51 bits per heavy atom. The van der Waals surface area contributed by atoms with Crippen molar-refractivity contribution in [1.82, 2.24) is 14.8 Å². The van der Waals surface area contributed by atoms with Crippen LogP contribution in [-0.2, 0) is 14.3 Å². The fourth-order valence-electron chi connectivity index (χ4n) is 5.27. The quantitative estimate of drug-likeness (QED) is 0.303. The van der Waals surface area contributed by atoms with Gasteiger partial charge in [-0.1, -0.05) is 6.07 Å². The standard InChI is InChI=1S/C31H29FN4O4S/c1-20-2-11-25-27(18-20)41-29(33-25)21-5-9-24(10-6-21)36-28(37)19-26(31(36)39)35(13-12-34-14-16-40-17-15-34)30(38)22-3-7-23(32)8-4-22/h2-11,18,26H,12-17,19H2,1H3. The number of benzene rings is 3. The number of anilines is 1. The summed E-state index contributed by atoms with van der Waals surface area (Å²) >= 11 is 1.59. The van der Waals surface area contributed by atoms with E-state index in [2.05, 4.69) is 11.0 Å². The van der Waals surface area contributed by atoms with Gasteiger partial charge in [-0.05, 0) is 73.2 Å². The summed E-state index contributed by atoms with van der Waals surface area (Å²) in [4.78, 5) is 50.0. The lowest BCUT2D eigenvalue weighted by Crippen LogP contribution is -2.49. The molecule has 41 heavy (non-hydrogen) atoms. The van der Waals surface area contributed by atoms with Crippen LogP contribution in [0.1, 0.15) is 22.3 Å². The van der Waals surface area contributed by atoms with Crippen molar-refractivity contribution in [2.24, 2.45) is 0 Å². The largest absolute Gasteiger partial charge is 0.379 e. The number of fused-ring (bicyclic) bond motifs is 1. The predicted octanol–water partition coefficient (Wildman–Crippen LogP) is 4.52. The third kappa shape index (κ3) is 5.63. The van der Waals surface area contributed by atoms with E-state index < -0.39 is 23.7 Å². The zero-order valence-electron chi connectivity index (χ0n) is 22.6. The maximum absolute atomic E-state index is 13.7. The van der Waals surface area contributed by atoms with Gasteiger partial charge < -0.3 is 9.64 Å². The molecule has 1 atom stereocenters. The number of hydrogen-bond acceptors (Lipinski definition) is 7. The zero-order valence-corrected chi connectivity index (χ0v) is 23.4. The van der Waals surface area contributed by atoms with Crippen LogP contribution in [0.25, 0.3) is 20.8 Å². The Morgan fingerprint density at radius 2 is 1.78 bits per heavy atom. The van der Waals surface area contributed by atoms with Gasteiger partial charge in [-0.25, -0.2) is 14.3 Å². The van der Waals surface area contributed by atoms with Crippen molar-refractivity contribution in [1.29, 1.82) is 0 Å². The molecule has 0 bridgehead atoms. The molecule has 0 saturated carbocycles. The molecule has 0 spiro atoms. The van der Waals surface area contributed by atoms with Gasteiger partial charge in [0.15, 0.2) is 0 Å². The number of aromatic nitrogens is 1. The lowest BCUT2D eigenvalue weighted by molar-refractivity contribution is -0.122. The van der Waals surface area contributed by atoms with E-state index in [1.54, 1.807) is 23.5 Å². The van der Waals surface area contributed by atoms with Gasteiger partial charge in [0.2, 0.25) is 5.91 Å². The van der Waals surface area contributed by atoms with Crippen LogP contribution < -0.4 is 4.90 Å². The molecule has 210 valence electrons. The van der Waals surface area contributed by atoms with Gasteiger partial charge >= 0.3 is 0 Å². The van der Waals surface area contributed by atoms with Crippen LogP contribution in [0.3, 0.4) is 0 Å². The van der Waals surface area contributed by atoms with E-state index in [-0.39, 0.29) is 24.4 Å². The molecule has 0 aliphatic carbocycles. The monoisotopic (exact) mass is 572 g/mol. The number of amides is 3. The Kier molecular flexibility index (Phi) is 7.61. The summed E-state index contributed by atoms with van der Waals surface area (Å²) in [6.07, 6.45) is -0.117. The molecule has 3 aromatic carbocycles. The van der Waals surface area contributed by atoms with Crippen molar-refractivity contribution < 1.29 is 23.5 Å². The van der Waals surface area contributed by atoms with Crippen molar-refractivity contribution in [3.8, 4) is 10.6 Å². The highest BCUT2D eigenvalue weighted by molar-refractivity contribution is 7.21. The van der Waals surface area contributed by atoms with Crippen molar-refractivity contribution in [3.63, 3.8) is 0 Å². The Bertz CT molecular complexity index is 1600. The molecule has 10 heteroatoms. The number of morpholine rings is 1. The number of carbonyl (C=O) groups is 3. The van der Waals surface area contributed by atoms with Crippen LogP contribution >= 0.6 is 11.3 Å². The molecule has 2 saturated heterocycles. The lowest BCUT2D eigenvalue weighted by atomic mass is 10.1. The zero-order chi connectivity index (χ0) is 28.5. The first kappa shape index (κ1) is 27.2. The van der Waals surface area contributed by atoms with Gasteiger partial charge in [0.1, 0.15) is 16.9 Å². The van der Waals surface area contributed by atoms with Crippen molar-refractivity contribution in [2.45, 2.75) is 19.4 Å². The van der Waals surface area contributed by atoms with Gasteiger partial charge in [-0.15, -0.1) is 11.3 Å². The molecule has 0 radical (unpaired) electrons. The van der Waals surface area contributed by atoms with Crippen LogP contribution in [-0.4, -0.2) is 77.9 Å². The molecule has 2 aliphatic heterocycles. The predicted molar refractivity (Wildman–Crippen MR) is 155 cm³/mol. The van der Waals surface area contributed by atoms with Crippen molar-refractivity contribution >= 4 is 45.0 Å². The number of hydrogen-bond donors (Lipinski definition) is 0. The van der Waals surface area contributed by atoms with Gasteiger partial charge in [0.25, 0.3) is 11.8 Å². The summed E-state index contributed by atoms with van der Waals surface area (Å²) in [6, 6.07) is 17.6. The van der Waals surface area contributed by atoms with Crippen LogP contribution in [0.15, 0.2) is 66.7 Å². The maximum atomic E-state index is 13.7. The minimum atomic E-state index is -0.951. The minimum absolute atomic E-state index is 0.117. The molecule has 1 aromatic heterocycles. The molecular weight excluding hydrogens is 543 g/mol. The molecule has 1 unspecified atom stereocenters. The molecule has 3 heterocycles. The first-order valence-corrected chi connectivity index (χ1v) is 14.4. The van der Waals surface area contributed by atoms with Crippen LogP contribution in [0.4, 0.5) is 10.1 Å². The fraction of sp³-hybridized carbons (Fsp3) is 0.290. The van der Waals surface area contributed by atoms with Gasteiger partial charge in [0, 0.05) is 37.3 Å². The second-order valence-electron chi connectivity index (χ2n) is 10.3. The van der Waals surface area contributed by atoms with E-state index >= 15 is 0 Å².